The number of hydrogen-bond donors (Lipinski definition) is 1. The number of ether oxygens (including phenoxy) is 4. The molecule has 0 unspecified atom stereocenters. The number of methoxy groups -OCH3 is 2. The van der Waals surface area contributed by atoms with Crippen LogP contribution in [-0.2, 0) is 18.9 Å². The zero-order valence-corrected chi connectivity index (χ0v) is 9.94. The molecule has 1 aliphatic rings. The Morgan fingerprint density at radius 3 is 2.00 bits per heavy atom. The first kappa shape index (κ1) is 12.9. The summed E-state index contributed by atoms with van der Waals surface area (Å²) in [5.74, 6) is -2.01. The molecule has 15 heavy (non-hydrogen) atoms. The maximum absolute atomic E-state index is 9.13. The molecule has 4 atom stereocenters. The second kappa shape index (κ2) is 4.35. The van der Waals surface area contributed by atoms with Crippen LogP contribution < -0.4 is 0 Å². The summed E-state index contributed by atoms with van der Waals surface area (Å²) in [5, 5.41) is 9.13. The quantitative estimate of drug-likeness (QED) is 0.751. The summed E-state index contributed by atoms with van der Waals surface area (Å²) >= 11 is 0. The Morgan fingerprint density at radius 2 is 1.60 bits per heavy atom. The predicted octanol–water partition coefficient (Wildman–Crippen LogP) is 0.508. The maximum Gasteiger partial charge on any atom is 0.220 e. The van der Waals surface area contributed by atoms with Gasteiger partial charge in [0.05, 0.1) is 12.7 Å². The number of aliphatic hydroxyl groups is 1. The molecule has 0 aromatic heterocycles. The van der Waals surface area contributed by atoms with E-state index in [1.165, 1.54) is 14.2 Å². The largest absolute Gasteiger partial charge is 0.394 e. The fraction of sp³-hybridized carbons (Fsp3) is 1.00. The third-order valence-electron chi connectivity index (χ3n) is 3.09. The third-order valence-corrected chi connectivity index (χ3v) is 3.09. The molecule has 5 heteroatoms. The van der Waals surface area contributed by atoms with Gasteiger partial charge in [0.15, 0.2) is 0 Å². The molecule has 90 valence electrons. The van der Waals surface area contributed by atoms with Crippen LogP contribution in [0.1, 0.15) is 20.8 Å². The highest BCUT2D eigenvalue weighted by Gasteiger charge is 2.55. The Morgan fingerprint density at radius 1 is 1.13 bits per heavy atom. The molecule has 1 rings (SSSR count). The first-order chi connectivity index (χ1) is 6.92. The minimum absolute atomic E-state index is 0.111. The van der Waals surface area contributed by atoms with Gasteiger partial charge in [0, 0.05) is 14.2 Å². The summed E-state index contributed by atoms with van der Waals surface area (Å²) in [7, 11) is 3.05. The lowest BCUT2D eigenvalue weighted by Crippen LogP contribution is -2.65. The lowest BCUT2D eigenvalue weighted by molar-refractivity contribution is -0.447. The van der Waals surface area contributed by atoms with Crippen LogP contribution in [0.2, 0.25) is 0 Å². The van der Waals surface area contributed by atoms with Gasteiger partial charge < -0.3 is 24.1 Å². The second-order valence-corrected chi connectivity index (χ2v) is 3.96. The molecule has 1 aliphatic heterocycles. The second-order valence-electron chi connectivity index (χ2n) is 3.96. The van der Waals surface area contributed by atoms with Gasteiger partial charge in [-0.1, -0.05) is 0 Å². The van der Waals surface area contributed by atoms with E-state index >= 15 is 0 Å². The van der Waals surface area contributed by atoms with Crippen molar-refractivity contribution in [3.8, 4) is 0 Å². The van der Waals surface area contributed by atoms with Crippen molar-refractivity contribution in [1.29, 1.82) is 0 Å². The molecule has 1 N–H and O–H groups in total. The van der Waals surface area contributed by atoms with Gasteiger partial charge >= 0.3 is 0 Å². The molecule has 5 nitrogen and oxygen atoms in total. The van der Waals surface area contributed by atoms with Gasteiger partial charge in [0.1, 0.15) is 6.10 Å². The number of rotatable bonds is 3. The SMILES string of the molecule is CO[C@@]1(C)O[C@H](C)[C@@H](CO)O[C@]1(C)OC. The first-order valence-electron chi connectivity index (χ1n) is 4.99. The summed E-state index contributed by atoms with van der Waals surface area (Å²) in [6.07, 6.45) is -0.652. The summed E-state index contributed by atoms with van der Waals surface area (Å²) in [4.78, 5) is 0. The van der Waals surface area contributed by atoms with Crippen molar-refractivity contribution in [2.75, 3.05) is 20.8 Å². The van der Waals surface area contributed by atoms with Gasteiger partial charge in [-0.05, 0) is 20.8 Å². The minimum atomic E-state index is -1.03. The average Bonchev–Trinajstić information content (AvgIpc) is 2.23. The summed E-state index contributed by atoms with van der Waals surface area (Å²) in [6.45, 7) is 5.19. The van der Waals surface area contributed by atoms with Crippen LogP contribution in [0, 0.1) is 0 Å². The summed E-state index contributed by atoms with van der Waals surface area (Å²) in [5.41, 5.74) is 0. The smallest absolute Gasteiger partial charge is 0.220 e. The normalized spacial score (nSPS) is 46.8. The molecular formula is C10H20O5. The van der Waals surface area contributed by atoms with Crippen LogP contribution in [0.5, 0.6) is 0 Å². The van der Waals surface area contributed by atoms with Gasteiger partial charge in [-0.3, -0.25) is 0 Å². The van der Waals surface area contributed by atoms with Crippen molar-refractivity contribution in [2.45, 2.75) is 44.6 Å². The third kappa shape index (κ3) is 2.03. The van der Waals surface area contributed by atoms with E-state index in [0.717, 1.165) is 0 Å². The highest BCUT2D eigenvalue weighted by Crippen LogP contribution is 2.38. The van der Waals surface area contributed by atoms with E-state index in [9.17, 15) is 0 Å². The molecule has 0 aromatic rings. The van der Waals surface area contributed by atoms with Crippen LogP contribution in [0.3, 0.4) is 0 Å². The monoisotopic (exact) mass is 220 g/mol. The zero-order valence-electron chi connectivity index (χ0n) is 9.94. The minimum Gasteiger partial charge on any atom is -0.394 e. The van der Waals surface area contributed by atoms with Crippen molar-refractivity contribution < 1.29 is 24.1 Å². The Bertz CT molecular complexity index is 222. The average molecular weight is 220 g/mol. The molecule has 0 spiro atoms. The van der Waals surface area contributed by atoms with Gasteiger partial charge in [-0.25, -0.2) is 0 Å². The zero-order chi connectivity index (χ0) is 11.7. The topological polar surface area (TPSA) is 57.2 Å². The number of aliphatic hydroxyl groups excluding tert-OH is 1. The van der Waals surface area contributed by atoms with E-state index in [0.29, 0.717) is 0 Å². The van der Waals surface area contributed by atoms with Crippen LogP contribution in [0.4, 0.5) is 0 Å². The molecular weight excluding hydrogens is 200 g/mol. The fourth-order valence-corrected chi connectivity index (χ4v) is 1.68. The van der Waals surface area contributed by atoms with Crippen LogP contribution in [0.25, 0.3) is 0 Å². The van der Waals surface area contributed by atoms with Crippen LogP contribution in [0.15, 0.2) is 0 Å². The van der Waals surface area contributed by atoms with Crippen molar-refractivity contribution >= 4 is 0 Å². The molecule has 0 bridgehead atoms. The summed E-state index contributed by atoms with van der Waals surface area (Å²) < 4.78 is 21.9. The van der Waals surface area contributed by atoms with Crippen molar-refractivity contribution in [3.63, 3.8) is 0 Å². The Labute approximate surface area is 90.3 Å². The van der Waals surface area contributed by atoms with E-state index < -0.39 is 17.7 Å². The van der Waals surface area contributed by atoms with E-state index in [4.69, 9.17) is 24.1 Å². The Balaban J connectivity index is 2.92. The molecule has 0 aromatic carbocycles. The maximum atomic E-state index is 9.13. The molecule has 1 fully saturated rings. The molecule has 0 aliphatic carbocycles. The van der Waals surface area contributed by atoms with Gasteiger partial charge in [-0.15, -0.1) is 0 Å². The lowest BCUT2D eigenvalue weighted by Gasteiger charge is -2.51. The van der Waals surface area contributed by atoms with Gasteiger partial charge in [0.25, 0.3) is 0 Å². The van der Waals surface area contributed by atoms with Crippen molar-refractivity contribution in [2.24, 2.45) is 0 Å². The van der Waals surface area contributed by atoms with Crippen molar-refractivity contribution in [3.05, 3.63) is 0 Å². The lowest BCUT2D eigenvalue weighted by atomic mass is 10.0. The van der Waals surface area contributed by atoms with E-state index in [1.807, 2.05) is 6.92 Å². The molecule has 0 radical (unpaired) electrons. The highest BCUT2D eigenvalue weighted by molar-refractivity contribution is 4.89. The predicted molar refractivity (Wildman–Crippen MR) is 53.3 cm³/mol. The number of hydrogen-bond acceptors (Lipinski definition) is 5. The molecule has 1 heterocycles. The molecule has 1 saturated heterocycles. The van der Waals surface area contributed by atoms with E-state index in [2.05, 4.69) is 0 Å². The van der Waals surface area contributed by atoms with E-state index in [1.54, 1.807) is 13.8 Å². The van der Waals surface area contributed by atoms with Crippen molar-refractivity contribution in [1.82, 2.24) is 0 Å². The molecule has 0 saturated carbocycles. The summed E-state index contributed by atoms with van der Waals surface area (Å²) in [6, 6.07) is 0. The molecule has 0 amide bonds. The van der Waals surface area contributed by atoms with Gasteiger partial charge in [0.2, 0.25) is 11.6 Å². The Hall–Kier alpha value is -0.200. The standard InChI is InChI=1S/C10H20O5/c1-7-8(6-11)15-10(3,13-5)9(2,12-4)14-7/h7-8,11H,6H2,1-5H3/t7-,8-,9+,10+/m1/s1. The highest BCUT2D eigenvalue weighted by atomic mass is 16.8. The fourth-order valence-electron chi connectivity index (χ4n) is 1.68. The first-order valence-corrected chi connectivity index (χ1v) is 4.99. The van der Waals surface area contributed by atoms with Crippen LogP contribution >= 0.6 is 0 Å². The van der Waals surface area contributed by atoms with Gasteiger partial charge in [-0.2, -0.15) is 0 Å². The van der Waals surface area contributed by atoms with E-state index in [-0.39, 0.29) is 12.7 Å². The Kier molecular flexibility index (Phi) is 3.73. The van der Waals surface area contributed by atoms with Crippen LogP contribution in [-0.4, -0.2) is 49.7 Å².